The molecule has 1 N–H and O–H groups in total. The Hall–Kier alpha value is -3.05. The second-order valence-electron chi connectivity index (χ2n) is 7.72. The summed E-state index contributed by atoms with van der Waals surface area (Å²) in [6.07, 6.45) is 0.984. The minimum absolute atomic E-state index is 0.153. The van der Waals surface area contributed by atoms with Crippen LogP contribution in [0.4, 0.5) is 17.6 Å². The average Bonchev–Trinajstić information content (AvgIpc) is 3.33. The van der Waals surface area contributed by atoms with Gasteiger partial charge in [0.25, 0.3) is 17.7 Å². The van der Waals surface area contributed by atoms with Crippen molar-refractivity contribution >= 4 is 11.8 Å². The molecule has 2 atom stereocenters. The Balaban J connectivity index is 1.55. The van der Waals surface area contributed by atoms with E-state index in [-0.39, 0.29) is 29.5 Å². The maximum absolute atomic E-state index is 13.4. The highest BCUT2D eigenvalue weighted by molar-refractivity contribution is 5.99. The summed E-state index contributed by atoms with van der Waals surface area (Å²) in [6.45, 7) is 0.680. The molecule has 1 saturated carbocycles. The highest BCUT2D eigenvalue weighted by atomic mass is 19.3. The molecule has 2 amide bonds. The monoisotopic (exact) mass is 441 g/mol. The number of nitrogens with one attached hydrogen (secondary N) is 1. The number of aromatic nitrogens is 3. The highest BCUT2D eigenvalue weighted by Gasteiger charge is 2.42. The smallest absolute Gasteiger partial charge is 0.321 e. The van der Waals surface area contributed by atoms with Crippen LogP contribution >= 0.6 is 0 Å². The minimum atomic E-state index is -3.52. The maximum atomic E-state index is 13.4. The highest BCUT2D eigenvalue weighted by Crippen LogP contribution is 2.33. The number of rotatable bonds is 5. The molecule has 2 aliphatic rings. The fourth-order valence-corrected chi connectivity index (χ4v) is 3.96. The van der Waals surface area contributed by atoms with Crippen molar-refractivity contribution in [2.75, 3.05) is 0 Å². The molecular formula is C19H19F4N5O3. The molecule has 0 saturated heterocycles. The maximum Gasteiger partial charge on any atom is 0.321 e. The summed E-state index contributed by atoms with van der Waals surface area (Å²) in [5.41, 5.74) is 0.914. The first-order valence-corrected chi connectivity index (χ1v) is 9.75. The number of pyridine rings is 1. The molecule has 0 bridgehead atoms. The Bertz CT molecular complexity index is 1010. The Morgan fingerprint density at radius 2 is 2.03 bits per heavy atom. The van der Waals surface area contributed by atoms with Gasteiger partial charge in [-0.15, -0.1) is 10.2 Å². The van der Waals surface area contributed by atoms with Gasteiger partial charge in [-0.2, -0.15) is 17.6 Å². The van der Waals surface area contributed by atoms with Crippen molar-refractivity contribution in [2.24, 2.45) is 0 Å². The van der Waals surface area contributed by atoms with E-state index in [1.54, 1.807) is 0 Å². The number of hydrogen-bond donors (Lipinski definition) is 1. The molecule has 2 aromatic heterocycles. The Labute approximate surface area is 174 Å². The summed E-state index contributed by atoms with van der Waals surface area (Å²) in [5, 5.41) is 9.19. The van der Waals surface area contributed by atoms with Crippen LogP contribution in [0.1, 0.15) is 61.0 Å². The topological polar surface area (TPSA) is 101 Å². The molecule has 0 aromatic carbocycles. The van der Waals surface area contributed by atoms with Gasteiger partial charge in [0.2, 0.25) is 5.89 Å². The van der Waals surface area contributed by atoms with Crippen molar-refractivity contribution in [3.05, 3.63) is 29.4 Å². The summed E-state index contributed by atoms with van der Waals surface area (Å²) < 4.78 is 57.0. The summed E-state index contributed by atoms with van der Waals surface area (Å²) in [7, 11) is 0. The van der Waals surface area contributed by atoms with Crippen molar-refractivity contribution in [1.82, 2.24) is 25.4 Å². The first-order valence-electron chi connectivity index (χ1n) is 9.75. The molecule has 166 valence electrons. The van der Waals surface area contributed by atoms with Crippen molar-refractivity contribution in [3.63, 3.8) is 0 Å². The van der Waals surface area contributed by atoms with Crippen LogP contribution in [0.3, 0.4) is 0 Å². The molecule has 1 fully saturated rings. The van der Waals surface area contributed by atoms with Gasteiger partial charge in [0.15, 0.2) is 0 Å². The molecule has 1 aliphatic carbocycles. The van der Waals surface area contributed by atoms with Crippen LogP contribution in [0.2, 0.25) is 0 Å². The van der Waals surface area contributed by atoms with E-state index in [4.69, 9.17) is 4.42 Å². The third kappa shape index (κ3) is 4.10. The molecule has 2 aromatic rings. The first kappa shape index (κ1) is 21.2. The lowest BCUT2D eigenvalue weighted by molar-refractivity contribution is -0.144. The van der Waals surface area contributed by atoms with Gasteiger partial charge in [-0.05, 0) is 18.9 Å². The van der Waals surface area contributed by atoms with Crippen LogP contribution in [0.5, 0.6) is 0 Å². The number of amides is 2. The van der Waals surface area contributed by atoms with Gasteiger partial charge in [-0.25, -0.2) is 0 Å². The summed E-state index contributed by atoms with van der Waals surface area (Å²) in [5.74, 6) is -6.30. The normalized spacial score (nSPS) is 21.5. The van der Waals surface area contributed by atoms with E-state index in [1.807, 2.05) is 0 Å². The molecule has 8 nitrogen and oxygen atoms in total. The van der Waals surface area contributed by atoms with Gasteiger partial charge in [0.05, 0.1) is 29.4 Å². The predicted molar refractivity (Wildman–Crippen MR) is 97.2 cm³/mol. The molecular weight excluding hydrogens is 422 g/mol. The van der Waals surface area contributed by atoms with Gasteiger partial charge in [0, 0.05) is 19.2 Å². The molecule has 0 radical (unpaired) electrons. The van der Waals surface area contributed by atoms with E-state index in [1.165, 1.54) is 17.2 Å². The number of alkyl halides is 4. The van der Waals surface area contributed by atoms with Gasteiger partial charge < -0.3 is 14.6 Å². The van der Waals surface area contributed by atoms with E-state index in [2.05, 4.69) is 20.5 Å². The predicted octanol–water partition coefficient (Wildman–Crippen LogP) is 3.11. The zero-order chi connectivity index (χ0) is 22.3. The van der Waals surface area contributed by atoms with Crippen LogP contribution in [-0.4, -0.2) is 49.9 Å². The second-order valence-corrected chi connectivity index (χ2v) is 7.72. The number of fused-ring (bicyclic) bond motifs is 1. The Morgan fingerprint density at radius 3 is 2.71 bits per heavy atom. The number of carbonyl (C=O) groups excluding carboxylic acids is 2. The first-order chi connectivity index (χ1) is 14.6. The van der Waals surface area contributed by atoms with Crippen LogP contribution in [-0.2, 0) is 11.3 Å². The van der Waals surface area contributed by atoms with E-state index in [0.717, 1.165) is 12.8 Å². The number of halogens is 4. The molecule has 0 spiro atoms. The third-order valence-corrected chi connectivity index (χ3v) is 5.50. The molecule has 0 unspecified atom stereocenters. The standard InChI is InChI=1S/C19H19F4N5O3/c1-19(22,23)18(30)25-11-4-2-3-5-13(11)28-8-12-10(17(28)29)6-9(7-24-12)15-26-27-16(31-15)14(20)21/h6-7,11,13-14H,2-5,8H2,1H3,(H,25,30)/t11-,13-/m1/s1. The zero-order valence-corrected chi connectivity index (χ0v) is 16.4. The quantitative estimate of drug-likeness (QED) is 0.716. The van der Waals surface area contributed by atoms with Crippen LogP contribution < -0.4 is 5.32 Å². The lowest BCUT2D eigenvalue weighted by Gasteiger charge is -2.38. The fourth-order valence-electron chi connectivity index (χ4n) is 3.96. The summed E-state index contributed by atoms with van der Waals surface area (Å²) in [4.78, 5) is 30.6. The van der Waals surface area contributed by atoms with Crippen LogP contribution in [0, 0.1) is 0 Å². The van der Waals surface area contributed by atoms with E-state index >= 15 is 0 Å². The molecule has 12 heteroatoms. The Morgan fingerprint density at radius 1 is 1.29 bits per heavy atom. The Kier molecular flexibility index (Phi) is 5.40. The van der Waals surface area contributed by atoms with Crippen LogP contribution in [0.15, 0.2) is 16.7 Å². The minimum Gasteiger partial charge on any atom is -0.415 e. The molecule has 31 heavy (non-hydrogen) atoms. The lowest BCUT2D eigenvalue weighted by atomic mass is 9.89. The lowest BCUT2D eigenvalue weighted by Crippen LogP contribution is -2.55. The summed E-state index contributed by atoms with van der Waals surface area (Å²) in [6, 6.07) is 0.373. The second kappa shape index (κ2) is 7.89. The average molecular weight is 441 g/mol. The van der Waals surface area contributed by atoms with Gasteiger partial charge in [0.1, 0.15) is 0 Å². The van der Waals surface area contributed by atoms with Crippen LogP contribution in [0.25, 0.3) is 11.5 Å². The van der Waals surface area contributed by atoms with Gasteiger partial charge in [-0.1, -0.05) is 12.8 Å². The van der Waals surface area contributed by atoms with Crippen molar-refractivity contribution in [2.45, 2.75) is 63.6 Å². The molecule has 4 rings (SSSR count). The van der Waals surface area contributed by atoms with Crippen molar-refractivity contribution in [3.8, 4) is 11.5 Å². The SMILES string of the molecule is CC(F)(F)C(=O)N[C@@H]1CCCC[C@H]1N1Cc2ncc(-c3nnc(C(F)F)o3)cc2C1=O. The van der Waals surface area contributed by atoms with Crippen molar-refractivity contribution in [1.29, 1.82) is 0 Å². The third-order valence-electron chi connectivity index (χ3n) is 5.50. The molecule has 1 aliphatic heterocycles. The van der Waals surface area contributed by atoms with E-state index in [0.29, 0.717) is 25.5 Å². The van der Waals surface area contributed by atoms with E-state index < -0.39 is 36.2 Å². The number of hydrogen-bond acceptors (Lipinski definition) is 6. The zero-order valence-electron chi connectivity index (χ0n) is 16.4. The summed E-state index contributed by atoms with van der Waals surface area (Å²) >= 11 is 0. The largest absolute Gasteiger partial charge is 0.415 e. The van der Waals surface area contributed by atoms with Gasteiger partial charge >= 0.3 is 12.3 Å². The van der Waals surface area contributed by atoms with Crippen molar-refractivity contribution < 1.29 is 31.6 Å². The number of carbonyl (C=O) groups is 2. The molecule has 3 heterocycles. The number of nitrogens with zero attached hydrogens (tertiary/aromatic N) is 4. The van der Waals surface area contributed by atoms with E-state index in [9.17, 15) is 27.2 Å². The fraction of sp³-hybridized carbons (Fsp3) is 0.526. The van der Waals surface area contributed by atoms with Gasteiger partial charge in [-0.3, -0.25) is 14.6 Å².